The summed E-state index contributed by atoms with van der Waals surface area (Å²) in [7, 11) is 0. The number of nitrogens with zero attached hydrogens (tertiary/aromatic N) is 2. The molecule has 4 rings (SSSR count). The zero-order valence-corrected chi connectivity index (χ0v) is 18.3. The van der Waals surface area contributed by atoms with Crippen LogP contribution < -0.4 is 10.4 Å². The van der Waals surface area contributed by atoms with Crippen LogP contribution in [0.1, 0.15) is 44.2 Å². The molecular formula is C24H32N2O4. The normalized spacial score (nSPS) is 18.6. The summed E-state index contributed by atoms with van der Waals surface area (Å²) in [4.78, 5) is 29.3. The Morgan fingerprint density at radius 1 is 1.23 bits per heavy atom. The van der Waals surface area contributed by atoms with Gasteiger partial charge in [0.15, 0.2) is 6.10 Å². The molecule has 2 aliphatic rings. The average Bonchev–Trinajstić information content (AvgIpc) is 3.54. The molecule has 1 aliphatic heterocycles. The summed E-state index contributed by atoms with van der Waals surface area (Å²) in [5.74, 6) is 1.48. The van der Waals surface area contributed by atoms with E-state index in [2.05, 4.69) is 11.8 Å². The van der Waals surface area contributed by atoms with Gasteiger partial charge in [-0.25, -0.2) is 4.79 Å². The van der Waals surface area contributed by atoms with Crippen LogP contribution in [-0.4, -0.2) is 54.5 Å². The Morgan fingerprint density at radius 3 is 2.63 bits per heavy atom. The van der Waals surface area contributed by atoms with Crippen LogP contribution >= 0.6 is 0 Å². The largest absolute Gasteiger partial charge is 0.480 e. The van der Waals surface area contributed by atoms with Gasteiger partial charge >= 0.3 is 5.63 Å². The highest BCUT2D eigenvalue weighted by molar-refractivity contribution is 5.85. The quantitative estimate of drug-likeness (QED) is 0.653. The molecule has 1 saturated heterocycles. The molecule has 1 saturated carbocycles. The molecule has 2 aromatic rings. The van der Waals surface area contributed by atoms with Crippen molar-refractivity contribution in [1.29, 1.82) is 0 Å². The van der Waals surface area contributed by atoms with Crippen molar-refractivity contribution in [3.05, 3.63) is 39.7 Å². The fraction of sp³-hybridized carbons (Fsp3) is 0.583. The van der Waals surface area contributed by atoms with Gasteiger partial charge in [0.25, 0.3) is 5.91 Å². The van der Waals surface area contributed by atoms with Crippen LogP contribution in [0.4, 0.5) is 0 Å². The maximum atomic E-state index is 12.9. The van der Waals surface area contributed by atoms with Gasteiger partial charge in [0.2, 0.25) is 0 Å². The second-order valence-corrected chi connectivity index (χ2v) is 8.74. The first-order valence-electron chi connectivity index (χ1n) is 11.2. The Balaban J connectivity index is 1.44. The number of hydrogen-bond acceptors (Lipinski definition) is 5. The minimum absolute atomic E-state index is 0.0155. The number of aryl methyl sites for hydroxylation is 2. The molecule has 1 atom stereocenters. The fourth-order valence-electron chi connectivity index (χ4n) is 4.33. The van der Waals surface area contributed by atoms with Crippen molar-refractivity contribution >= 4 is 16.9 Å². The minimum Gasteiger partial charge on any atom is -0.480 e. The molecule has 6 nitrogen and oxygen atoms in total. The smallest absolute Gasteiger partial charge is 0.336 e. The molecular weight excluding hydrogens is 380 g/mol. The van der Waals surface area contributed by atoms with Crippen LogP contribution in [0.5, 0.6) is 5.75 Å². The zero-order chi connectivity index (χ0) is 21.3. The highest BCUT2D eigenvalue weighted by Crippen LogP contribution is 2.31. The number of piperazine rings is 1. The number of ether oxygens (including phenoxy) is 1. The standard InChI is InChI=1S/C24H32N2O4/c1-4-5-19-14-22(27)30-23-16(2)21(9-8-20(19)23)29-17(3)24(28)26-12-10-25(11-13-26)15-18-6-7-18/h8-9,14,17-18H,4-7,10-13,15H2,1-3H3. The topological polar surface area (TPSA) is 63.0 Å². The van der Waals surface area contributed by atoms with E-state index in [-0.39, 0.29) is 11.5 Å². The molecule has 1 aliphatic carbocycles. The van der Waals surface area contributed by atoms with E-state index in [4.69, 9.17) is 9.15 Å². The number of carbonyl (C=O) groups excluding carboxylic acids is 1. The molecule has 1 aromatic heterocycles. The fourth-order valence-corrected chi connectivity index (χ4v) is 4.33. The van der Waals surface area contributed by atoms with E-state index in [1.807, 2.05) is 24.0 Å². The van der Waals surface area contributed by atoms with Gasteiger partial charge in [-0.2, -0.15) is 0 Å². The molecule has 0 bridgehead atoms. The summed E-state index contributed by atoms with van der Waals surface area (Å²) in [6, 6.07) is 5.38. The highest BCUT2D eigenvalue weighted by atomic mass is 16.5. The number of hydrogen-bond donors (Lipinski definition) is 0. The number of benzene rings is 1. The molecule has 2 heterocycles. The molecule has 0 N–H and O–H groups in total. The second-order valence-electron chi connectivity index (χ2n) is 8.74. The number of carbonyl (C=O) groups is 1. The van der Waals surface area contributed by atoms with E-state index >= 15 is 0 Å². The van der Waals surface area contributed by atoms with Crippen LogP contribution in [-0.2, 0) is 11.2 Å². The number of amides is 1. The van der Waals surface area contributed by atoms with Gasteiger partial charge in [0.1, 0.15) is 11.3 Å². The first kappa shape index (κ1) is 20.9. The predicted octanol–water partition coefficient (Wildman–Crippen LogP) is 3.38. The van der Waals surface area contributed by atoms with E-state index in [0.29, 0.717) is 11.3 Å². The Labute approximate surface area is 177 Å². The van der Waals surface area contributed by atoms with Crippen LogP contribution in [0.2, 0.25) is 0 Å². The first-order chi connectivity index (χ1) is 14.5. The van der Waals surface area contributed by atoms with Gasteiger partial charge in [-0.15, -0.1) is 0 Å². The average molecular weight is 413 g/mol. The Kier molecular flexibility index (Phi) is 6.14. The summed E-state index contributed by atoms with van der Waals surface area (Å²) in [5, 5.41) is 0.937. The van der Waals surface area contributed by atoms with Gasteiger partial charge < -0.3 is 14.1 Å². The third kappa shape index (κ3) is 4.53. The predicted molar refractivity (Wildman–Crippen MR) is 117 cm³/mol. The van der Waals surface area contributed by atoms with Gasteiger partial charge in [-0.3, -0.25) is 9.69 Å². The van der Waals surface area contributed by atoms with Crippen molar-refractivity contribution in [3.8, 4) is 5.75 Å². The van der Waals surface area contributed by atoms with Crippen molar-refractivity contribution in [2.24, 2.45) is 5.92 Å². The maximum absolute atomic E-state index is 12.9. The molecule has 30 heavy (non-hydrogen) atoms. The molecule has 2 fully saturated rings. The third-order valence-corrected chi connectivity index (χ3v) is 6.27. The maximum Gasteiger partial charge on any atom is 0.336 e. The molecule has 0 spiro atoms. The Morgan fingerprint density at radius 2 is 1.97 bits per heavy atom. The van der Waals surface area contributed by atoms with E-state index in [9.17, 15) is 9.59 Å². The lowest BCUT2D eigenvalue weighted by molar-refractivity contribution is -0.139. The van der Waals surface area contributed by atoms with Crippen molar-refractivity contribution in [2.45, 2.75) is 52.6 Å². The van der Waals surface area contributed by atoms with Crippen molar-refractivity contribution in [2.75, 3.05) is 32.7 Å². The van der Waals surface area contributed by atoms with Crippen molar-refractivity contribution in [1.82, 2.24) is 9.80 Å². The van der Waals surface area contributed by atoms with Gasteiger partial charge in [0, 0.05) is 49.7 Å². The Hall–Kier alpha value is -2.34. The van der Waals surface area contributed by atoms with Crippen LogP contribution in [0.3, 0.4) is 0 Å². The number of fused-ring (bicyclic) bond motifs is 1. The lowest BCUT2D eigenvalue weighted by Crippen LogP contribution is -2.52. The van der Waals surface area contributed by atoms with Gasteiger partial charge in [0.05, 0.1) is 0 Å². The highest BCUT2D eigenvalue weighted by Gasteiger charge is 2.29. The summed E-state index contributed by atoms with van der Waals surface area (Å²) in [6.45, 7) is 10.3. The number of rotatable bonds is 7. The molecule has 0 radical (unpaired) electrons. The van der Waals surface area contributed by atoms with E-state index in [1.54, 1.807) is 13.0 Å². The SMILES string of the molecule is CCCc1cc(=O)oc2c(C)c(OC(C)C(=O)N3CCN(CC4CC4)CC3)ccc12. The summed E-state index contributed by atoms with van der Waals surface area (Å²) >= 11 is 0. The third-order valence-electron chi connectivity index (χ3n) is 6.27. The second kappa shape index (κ2) is 8.80. The van der Waals surface area contributed by atoms with E-state index in [0.717, 1.165) is 61.5 Å². The molecule has 6 heteroatoms. The van der Waals surface area contributed by atoms with E-state index in [1.165, 1.54) is 19.4 Å². The van der Waals surface area contributed by atoms with Crippen LogP contribution in [0.25, 0.3) is 11.0 Å². The first-order valence-corrected chi connectivity index (χ1v) is 11.2. The van der Waals surface area contributed by atoms with E-state index < -0.39 is 6.10 Å². The van der Waals surface area contributed by atoms with Crippen molar-refractivity contribution < 1.29 is 13.9 Å². The van der Waals surface area contributed by atoms with Gasteiger partial charge in [-0.05, 0) is 56.7 Å². The molecule has 1 amide bonds. The van der Waals surface area contributed by atoms with Gasteiger partial charge in [-0.1, -0.05) is 13.3 Å². The Bertz CT molecular complexity index is 971. The molecule has 162 valence electrons. The zero-order valence-electron chi connectivity index (χ0n) is 18.3. The molecule has 1 aromatic carbocycles. The monoisotopic (exact) mass is 412 g/mol. The van der Waals surface area contributed by atoms with Crippen LogP contribution in [0.15, 0.2) is 27.4 Å². The lowest BCUT2D eigenvalue weighted by Gasteiger charge is -2.36. The summed E-state index contributed by atoms with van der Waals surface area (Å²) < 4.78 is 11.5. The van der Waals surface area contributed by atoms with Crippen LogP contribution in [0, 0.1) is 12.8 Å². The molecule has 1 unspecified atom stereocenters. The van der Waals surface area contributed by atoms with Crippen molar-refractivity contribution in [3.63, 3.8) is 0 Å². The summed E-state index contributed by atoms with van der Waals surface area (Å²) in [6.07, 6.45) is 3.91. The summed E-state index contributed by atoms with van der Waals surface area (Å²) in [5.41, 5.74) is 1.96. The lowest BCUT2D eigenvalue weighted by atomic mass is 10.0. The minimum atomic E-state index is -0.582.